The number of rotatable bonds is 4. The van der Waals surface area contributed by atoms with Crippen molar-refractivity contribution in [2.24, 2.45) is 0 Å². The van der Waals surface area contributed by atoms with E-state index in [9.17, 15) is 0 Å². The molecule has 2 aromatic carbocycles. The molecule has 0 saturated carbocycles. The Labute approximate surface area is 184 Å². The molecule has 6 N–H and O–H groups in total. The largest absolute Gasteiger partial charge is 0.398 e. The highest BCUT2D eigenvalue weighted by molar-refractivity contribution is 5.94. The van der Waals surface area contributed by atoms with Crippen LogP contribution in [0.4, 0.5) is 34.5 Å². The quantitative estimate of drug-likeness (QED) is 0.324. The summed E-state index contributed by atoms with van der Waals surface area (Å²) in [6, 6.07) is 17.2. The van der Waals surface area contributed by atoms with E-state index in [1.165, 1.54) is 0 Å². The minimum atomic E-state index is 0.464. The third kappa shape index (κ3) is 3.81. The Bertz CT molecular complexity index is 1370. The fraction of sp³-hybridized carbons (Fsp3) is 0.0833. The lowest BCUT2D eigenvalue weighted by Gasteiger charge is -2.11. The summed E-state index contributed by atoms with van der Waals surface area (Å²) >= 11 is 0. The van der Waals surface area contributed by atoms with Crippen LogP contribution in [0.2, 0.25) is 0 Å². The minimum Gasteiger partial charge on any atom is -0.398 e. The van der Waals surface area contributed by atoms with Gasteiger partial charge in [-0.2, -0.15) is 4.98 Å². The first-order chi connectivity index (χ1) is 15.4. The minimum absolute atomic E-state index is 0.464. The molecule has 5 rings (SSSR count). The molecule has 158 valence electrons. The molecular formula is C24H22N8. The van der Waals surface area contributed by atoms with Crippen molar-refractivity contribution in [2.45, 2.75) is 13.8 Å². The highest BCUT2D eigenvalue weighted by Crippen LogP contribution is 2.27. The standard InChI is InChI=1S/C24H22N8/c1-13-9-19(25)17-11-15(3-5-21(17)28-13)30-23-7-8-27-24(32-23)31-16-4-6-22-18(12-16)20(26)10-14(2)29-22/h3-12H,1-2H3,(H2,25,28)(H2,26,29)(H2,27,30,31,32). The first-order valence-corrected chi connectivity index (χ1v) is 10.2. The number of anilines is 6. The Kier molecular flexibility index (Phi) is 4.67. The molecule has 32 heavy (non-hydrogen) atoms. The number of nitrogens with one attached hydrogen (secondary N) is 2. The fourth-order valence-corrected chi connectivity index (χ4v) is 3.70. The topological polar surface area (TPSA) is 128 Å². The predicted octanol–water partition coefficient (Wildman–Crippen LogP) is 4.84. The van der Waals surface area contributed by atoms with E-state index < -0.39 is 0 Å². The lowest BCUT2D eigenvalue weighted by Crippen LogP contribution is -2.01. The first kappa shape index (κ1) is 19.5. The number of aromatic nitrogens is 4. The molecule has 3 heterocycles. The van der Waals surface area contributed by atoms with Gasteiger partial charge < -0.3 is 22.1 Å². The number of nitrogens with two attached hydrogens (primary N) is 2. The van der Waals surface area contributed by atoms with Crippen molar-refractivity contribution in [3.8, 4) is 0 Å². The number of benzene rings is 2. The summed E-state index contributed by atoms with van der Waals surface area (Å²) in [5.74, 6) is 1.11. The van der Waals surface area contributed by atoms with Crippen LogP contribution in [-0.4, -0.2) is 19.9 Å². The zero-order valence-electron chi connectivity index (χ0n) is 17.7. The summed E-state index contributed by atoms with van der Waals surface area (Å²) in [6.45, 7) is 3.86. The summed E-state index contributed by atoms with van der Waals surface area (Å²) in [4.78, 5) is 17.9. The zero-order chi connectivity index (χ0) is 22.2. The number of hydrogen-bond donors (Lipinski definition) is 4. The molecule has 0 radical (unpaired) electrons. The third-order valence-electron chi connectivity index (χ3n) is 5.12. The molecule has 5 aromatic rings. The second kappa shape index (κ2) is 7.66. The van der Waals surface area contributed by atoms with Crippen LogP contribution in [0, 0.1) is 13.8 Å². The fourth-order valence-electron chi connectivity index (χ4n) is 3.70. The van der Waals surface area contributed by atoms with E-state index in [1.807, 2.05) is 62.4 Å². The van der Waals surface area contributed by atoms with Crippen molar-refractivity contribution < 1.29 is 0 Å². The van der Waals surface area contributed by atoms with Crippen molar-refractivity contribution in [1.29, 1.82) is 0 Å². The van der Waals surface area contributed by atoms with Crippen LogP contribution in [0.5, 0.6) is 0 Å². The molecule has 0 unspecified atom stereocenters. The molecular weight excluding hydrogens is 400 g/mol. The van der Waals surface area contributed by atoms with E-state index in [1.54, 1.807) is 12.3 Å². The molecule has 8 nitrogen and oxygen atoms in total. The second-order valence-electron chi connectivity index (χ2n) is 7.69. The third-order valence-corrected chi connectivity index (χ3v) is 5.12. The maximum atomic E-state index is 6.17. The summed E-state index contributed by atoms with van der Waals surface area (Å²) in [6.07, 6.45) is 1.69. The van der Waals surface area contributed by atoms with Crippen LogP contribution in [0.1, 0.15) is 11.4 Å². The summed E-state index contributed by atoms with van der Waals surface area (Å²) in [7, 11) is 0. The Hall–Kier alpha value is -4.46. The SMILES string of the molecule is Cc1cc(N)c2cc(Nc3ccnc(Nc4ccc5nc(C)cc(N)c5c4)n3)ccc2n1. The van der Waals surface area contributed by atoms with Gasteiger partial charge in [-0.15, -0.1) is 0 Å². The van der Waals surface area contributed by atoms with Gasteiger partial charge in [0.1, 0.15) is 5.82 Å². The molecule has 3 aromatic heterocycles. The average molecular weight is 422 g/mol. The van der Waals surface area contributed by atoms with Gasteiger partial charge in [0.15, 0.2) is 0 Å². The van der Waals surface area contributed by atoms with Crippen LogP contribution >= 0.6 is 0 Å². The van der Waals surface area contributed by atoms with Crippen molar-refractivity contribution in [3.05, 3.63) is 72.2 Å². The number of aryl methyl sites for hydroxylation is 2. The van der Waals surface area contributed by atoms with Gasteiger partial charge >= 0.3 is 0 Å². The summed E-state index contributed by atoms with van der Waals surface area (Å²) in [5, 5.41) is 8.31. The van der Waals surface area contributed by atoms with Gasteiger partial charge in [0.05, 0.1) is 11.0 Å². The molecule has 0 spiro atoms. The average Bonchev–Trinajstić information content (AvgIpc) is 2.75. The van der Waals surface area contributed by atoms with Crippen LogP contribution in [0.15, 0.2) is 60.8 Å². The van der Waals surface area contributed by atoms with E-state index in [4.69, 9.17) is 11.5 Å². The van der Waals surface area contributed by atoms with Gasteiger partial charge in [0.25, 0.3) is 0 Å². The number of nitrogens with zero attached hydrogens (tertiary/aromatic N) is 4. The smallest absolute Gasteiger partial charge is 0.229 e. The Morgan fingerprint density at radius 2 is 1.22 bits per heavy atom. The lowest BCUT2D eigenvalue weighted by atomic mass is 10.1. The van der Waals surface area contributed by atoms with Crippen LogP contribution in [0.3, 0.4) is 0 Å². The Morgan fingerprint density at radius 1 is 0.656 bits per heavy atom. The van der Waals surface area contributed by atoms with Gasteiger partial charge in [-0.25, -0.2) is 4.98 Å². The molecule has 0 saturated heterocycles. The zero-order valence-corrected chi connectivity index (χ0v) is 17.7. The van der Waals surface area contributed by atoms with Crippen LogP contribution in [-0.2, 0) is 0 Å². The van der Waals surface area contributed by atoms with Crippen LogP contribution in [0.25, 0.3) is 21.8 Å². The van der Waals surface area contributed by atoms with Gasteiger partial charge in [-0.3, -0.25) is 9.97 Å². The number of nitrogen functional groups attached to an aromatic ring is 2. The monoisotopic (exact) mass is 422 g/mol. The number of pyridine rings is 2. The predicted molar refractivity (Wildman–Crippen MR) is 130 cm³/mol. The van der Waals surface area contributed by atoms with E-state index in [0.717, 1.165) is 44.6 Å². The van der Waals surface area contributed by atoms with Crippen LogP contribution < -0.4 is 22.1 Å². The van der Waals surface area contributed by atoms with E-state index in [0.29, 0.717) is 23.1 Å². The Morgan fingerprint density at radius 3 is 1.81 bits per heavy atom. The maximum Gasteiger partial charge on any atom is 0.229 e. The molecule has 0 aliphatic carbocycles. The first-order valence-electron chi connectivity index (χ1n) is 10.2. The highest BCUT2D eigenvalue weighted by Gasteiger charge is 2.07. The highest BCUT2D eigenvalue weighted by atomic mass is 15.1. The molecule has 0 fully saturated rings. The second-order valence-corrected chi connectivity index (χ2v) is 7.69. The molecule has 8 heteroatoms. The van der Waals surface area contributed by atoms with Gasteiger partial charge in [0.2, 0.25) is 5.95 Å². The van der Waals surface area contributed by atoms with Gasteiger partial charge in [-0.05, 0) is 68.4 Å². The van der Waals surface area contributed by atoms with Crippen molar-refractivity contribution in [1.82, 2.24) is 19.9 Å². The normalized spacial score (nSPS) is 11.1. The summed E-state index contributed by atoms with van der Waals surface area (Å²) < 4.78 is 0. The molecule has 0 amide bonds. The van der Waals surface area contributed by atoms with Gasteiger partial charge in [0, 0.05) is 51.1 Å². The van der Waals surface area contributed by atoms with Crippen molar-refractivity contribution >= 4 is 56.3 Å². The molecule has 0 aliphatic heterocycles. The van der Waals surface area contributed by atoms with Crippen molar-refractivity contribution in [3.63, 3.8) is 0 Å². The molecule has 0 bridgehead atoms. The maximum absolute atomic E-state index is 6.17. The van der Waals surface area contributed by atoms with Gasteiger partial charge in [-0.1, -0.05) is 0 Å². The number of hydrogen-bond acceptors (Lipinski definition) is 8. The summed E-state index contributed by atoms with van der Waals surface area (Å²) in [5.41, 5.74) is 18.9. The van der Waals surface area contributed by atoms with E-state index >= 15 is 0 Å². The van der Waals surface area contributed by atoms with E-state index in [-0.39, 0.29) is 0 Å². The Balaban J connectivity index is 1.40. The lowest BCUT2D eigenvalue weighted by molar-refractivity contribution is 1.17. The number of fused-ring (bicyclic) bond motifs is 2. The molecule has 0 atom stereocenters. The van der Waals surface area contributed by atoms with Crippen molar-refractivity contribution in [2.75, 3.05) is 22.1 Å². The molecule has 0 aliphatic rings. The van der Waals surface area contributed by atoms with E-state index in [2.05, 4.69) is 30.6 Å².